The summed E-state index contributed by atoms with van der Waals surface area (Å²) in [5.74, 6) is 0. The standard InChI is InChI=1S/C20H30N4O4S2/c25-30(26,24-9-12-27-13-10-24)17-5-6-19(23-7-1-2-8-23)18(14-17)22-20(29)21-15-16-4-3-11-28-16/h5-6,14,16H,1-4,7-13,15H2,(H2,21,22,29)/t16-/m1/s1. The van der Waals surface area contributed by atoms with Crippen molar-refractivity contribution in [3.63, 3.8) is 0 Å². The van der Waals surface area contributed by atoms with E-state index in [9.17, 15) is 8.42 Å². The Morgan fingerprint density at radius 3 is 2.57 bits per heavy atom. The summed E-state index contributed by atoms with van der Waals surface area (Å²) in [6.45, 7) is 4.96. The van der Waals surface area contributed by atoms with Crippen molar-refractivity contribution in [1.29, 1.82) is 0 Å². The monoisotopic (exact) mass is 454 g/mol. The summed E-state index contributed by atoms with van der Waals surface area (Å²) in [6, 6.07) is 5.30. The van der Waals surface area contributed by atoms with Crippen LogP contribution < -0.4 is 15.5 Å². The molecule has 30 heavy (non-hydrogen) atoms. The van der Waals surface area contributed by atoms with Gasteiger partial charge < -0.3 is 25.0 Å². The minimum atomic E-state index is -3.57. The van der Waals surface area contributed by atoms with Crippen molar-refractivity contribution in [3.05, 3.63) is 18.2 Å². The van der Waals surface area contributed by atoms with Crippen LogP contribution in [0.1, 0.15) is 25.7 Å². The van der Waals surface area contributed by atoms with Crippen molar-refractivity contribution in [2.24, 2.45) is 0 Å². The molecule has 0 aliphatic carbocycles. The predicted molar refractivity (Wildman–Crippen MR) is 121 cm³/mol. The molecule has 3 fully saturated rings. The van der Waals surface area contributed by atoms with Crippen LogP contribution in [-0.2, 0) is 19.5 Å². The second-order valence-electron chi connectivity index (χ2n) is 7.86. The van der Waals surface area contributed by atoms with E-state index in [2.05, 4.69) is 15.5 Å². The average molecular weight is 455 g/mol. The van der Waals surface area contributed by atoms with Gasteiger partial charge in [-0.1, -0.05) is 0 Å². The van der Waals surface area contributed by atoms with E-state index in [0.29, 0.717) is 38.0 Å². The first kappa shape index (κ1) is 21.8. The molecule has 0 bridgehead atoms. The van der Waals surface area contributed by atoms with Gasteiger partial charge >= 0.3 is 0 Å². The second-order valence-corrected chi connectivity index (χ2v) is 10.2. The summed E-state index contributed by atoms with van der Waals surface area (Å²) in [5, 5.41) is 6.93. The molecule has 4 rings (SSSR count). The van der Waals surface area contributed by atoms with Crippen LogP contribution in [0.2, 0.25) is 0 Å². The van der Waals surface area contributed by atoms with Gasteiger partial charge in [0.15, 0.2) is 5.11 Å². The quantitative estimate of drug-likeness (QED) is 0.630. The first-order chi connectivity index (χ1) is 14.5. The van der Waals surface area contributed by atoms with Gasteiger partial charge in [0.1, 0.15) is 0 Å². The highest BCUT2D eigenvalue weighted by Gasteiger charge is 2.28. The summed E-state index contributed by atoms with van der Waals surface area (Å²) in [6.07, 6.45) is 4.55. The fourth-order valence-corrected chi connectivity index (χ4v) is 5.75. The number of sulfonamides is 1. The molecule has 0 aromatic heterocycles. The maximum atomic E-state index is 13.1. The lowest BCUT2D eigenvalue weighted by molar-refractivity contribution is 0.0730. The van der Waals surface area contributed by atoms with E-state index >= 15 is 0 Å². The van der Waals surface area contributed by atoms with Crippen molar-refractivity contribution < 1.29 is 17.9 Å². The highest BCUT2D eigenvalue weighted by atomic mass is 32.2. The van der Waals surface area contributed by atoms with Gasteiger partial charge in [0.25, 0.3) is 0 Å². The van der Waals surface area contributed by atoms with Crippen molar-refractivity contribution in [2.75, 3.05) is 62.8 Å². The Morgan fingerprint density at radius 1 is 1.10 bits per heavy atom. The molecule has 166 valence electrons. The molecule has 3 saturated heterocycles. The summed E-state index contributed by atoms with van der Waals surface area (Å²) in [4.78, 5) is 2.55. The largest absolute Gasteiger partial charge is 0.379 e. The number of ether oxygens (including phenoxy) is 2. The number of anilines is 2. The zero-order valence-electron chi connectivity index (χ0n) is 17.1. The van der Waals surface area contributed by atoms with Crippen molar-refractivity contribution in [2.45, 2.75) is 36.7 Å². The van der Waals surface area contributed by atoms with Crippen LogP contribution in [0.25, 0.3) is 0 Å². The van der Waals surface area contributed by atoms with Gasteiger partial charge in [0, 0.05) is 39.3 Å². The van der Waals surface area contributed by atoms with Crippen molar-refractivity contribution in [3.8, 4) is 0 Å². The van der Waals surface area contributed by atoms with Gasteiger partial charge in [-0.2, -0.15) is 4.31 Å². The zero-order chi connectivity index (χ0) is 21.0. The molecule has 0 spiro atoms. The number of hydrogen-bond donors (Lipinski definition) is 2. The normalized spacial score (nSPS) is 22.9. The van der Waals surface area contributed by atoms with E-state index < -0.39 is 10.0 Å². The first-order valence-electron chi connectivity index (χ1n) is 10.7. The minimum absolute atomic E-state index is 0.177. The molecule has 1 aromatic rings. The van der Waals surface area contributed by atoms with E-state index in [-0.39, 0.29) is 11.0 Å². The summed E-state index contributed by atoms with van der Waals surface area (Å²) in [5.41, 5.74) is 1.70. The third-order valence-corrected chi connectivity index (χ3v) is 7.93. The fourth-order valence-electron chi connectivity index (χ4n) is 4.12. The van der Waals surface area contributed by atoms with Gasteiger partial charge in [-0.25, -0.2) is 8.42 Å². The van der Waals surface area contributed by atoms with Crippen LogP contribution in [0.5, 0.6) is 0 Å². The molecule has 10 heteroatoms. The second kappa shape index (κ2) is 9.78. The third-order valence-electron chi connectivity index (χ3n) is 5.79. The molecule has 8 nitrogen and oxygen atoms in total. The molecule has 3 aliphatic heterocycles. The molecule has 3 aliphatic rings. The topological polar surface area (TPSA) is 83.1 Å². The van der Waals surface area contributed by atoms with Gasteiger partial charge in [-0.05, 0) is 56.1 Å². The molecule has 0 amide bonds. The lowest BCUT2D eigenvalue weighted by atomic mass is 10.2. The van der Waals surface area contributed by atoms with E-state index in [4.69, 9.17) is 21.7 Å². The van der Waals surface area contributed by atoms with E-state index in [1.807, 2.05) is 6.07 Å². The first-order valence-corrected chi connectivity index (χ1v) is 12.5. The summed E-state index contributed by atoms with van der Waals surface area (Å²) in [7, 11) is -3.57. The highest BCUT2D eigenvalue weighted by molar-refractivity contribution is 7.89. The maximum Gasteiger partial charge on any atom is 0.243 e. The lowest BCUT2D eigenvalue weighted by Gasteiger charge is -2.27. The number of nitrogens with one attached hydrogen (secondary N) is 2. The van der Waals surface area contributed by atoms with Crippen molar-refractivity contribution in [1.82, 2.24) is 9.62 Å². The fraction of sp³-hybridized carbons (Fsp3) is 0.650. The van der Waals surface area contributed by atoms with Crippen LogP contribution in [-0.4, -0.2) is 76.5 Å². The number of thiocarbonyl (C=S) groups is 1. The smallest absolute Gasteiger partial charge is 0.243 e. The summed E-state index contributed by atoms with van der Waals surface area (Å²) >= 11 is 5.49. The molecule has 0 unspecified atom stereocenters. The van der Waals surface area contributed by atoms with E-state index in [0.717, 1.165) is 56.8 Å². The Labute approximate surface area is 183 Å². The van der Waals surface area contributed by atoms with Gasteiger partial charge in [-0.15, -0.1) is 0 Å². The molecule has 2 N–H and O–H groups in total. The van der Waals surface area contributed by atoms with Crippen molar-refractivity contribution >= 4 is 38.7 Å². The summed E-state index contributed by atoms with van der Waals surface area (Å²) < 4.78 is 38.7. The van der Waals surface area contributed by atoms with Crippen LogP contribution in [0.3, 0.4) is 0 Å². The SMILES string of the molecule is O=S(=O)(c1ccc(N2CCCC2)c(NC(=S)NC[C@H]2CCCO2)c1)N1CCOCC1. The van der Waals surface area contributed by atoms with E-state index in [1.165, 1.54) is 4.31 Å². The number of rotatable bonds is 6. The Morgan fingerprint density at radius 2 is 1.87 bits per heavy atom. The van der Waals surface area contributed by atoms with Gasteiger partial charge in [-0.3, -0.25) is 0 Å². The van der Waals surface area contributed by atoms with Crippen LogP contribution >= 0.6 is 12.2 Å². The molecule has 0 saturated carbocycles. The molecule has 1 aromatic carbocycles. The molecule has 0 radical (unpaired) electrons. The Hall–Kier alpha value is -1.46. The number of nitrogens with zero attached hydrogens (tertiary/aromatic N) is 2. The molecule has 1 atom stereocenters. The maximum absolute atomic E-state index is 13.1. The predicted octanol–water partition coefficient (Wildman–Crippen LogP) is 1.77. The lowest BCUT2D eigenvalue weighted by Crippen LogP contribution is -2.40. The van der Waals surface area contributed by atoms with Gasteiger partial charge in [0.2, 0.25) is 10.0 Å². The highest BCUT2D eigenvalue weighted by Crippen LogP contribution is 2.32. The van der Waals surface area contributed by atoms with Crippen LogP contribution in [0, 0.1) is 0 Å². The Kier molecular flexibility index (Phi) is 7.09. The number of benzene rings is 1. The molecular formula is C20H30N4O4S2. The Balaban J connectivity index is 1.53. The average Bonchev–Trinajstić information content (AvgIpc) is 3.47. The minimum Gasteiger partial charge on any atom is -0.379 e. The van der Waals surface area contributed by atoms with Crippen LogP contribution in [0.4, 0.5) is 11.4 Å². The zero-order valence-corrected chi connectivity index (χ0v) is 18.8. The number of hydrogen-bond acceptors (Lipinski definition) is 6. The van der Waals surface area contributed by atoms with Gasteiger partial charge in [0.05, 0.1) is 35.6 Å². The number of morpholine rings is 1. The van der Waals surface area contributed by atoms with E-state index in [1.54, 1.807) is 12.1 Å². The van der Waals surface area contributed by atoms with Crippen LogP contribution in [0.15, 0.2) is 23.1 Å². The third kappa shape index (κ3) is 5.05. The molecule has 3 heterocycles. The Bertz CT molecular complexity index is 846. The molecular weight excluding hydrogens is 424 g/mol.